The molecule has 0 saturated carbocycles. The fourth-order valence-corrected chi connectivity index (χ4v) is 1.60. The van der Waals surface area contributed by atoms with Gasteiger partial charge in [0.05, 0.1) is 13.1 Å². The van der Waals surface area contributed by atoms with Crippen molar-refractivity contribution < 1.29 is 24.3 Å². The van der Waals surface area contributed by atoms with Crippen LogP contribution >= 0.6 is 0 Å². The molecule has 2 amide bonds. The maximum Gasteiger partial charge on any atom is 0.325 e. The van der Waals surface area contributed by atoms with Crippen LogP contribution in [0.5, 0.6) is 0 Å². The van der Waals surface area contributed by atoms with Crippen LogP contribution in [0.25, 0.3) is 0 Å². The number of carboxylic acid groups (broad SMARTS) is 1. The third-order valence-electron chi connectivity index (χ3n) is 2.99. The van der Waals surface area contributed by atoms with Crippen molar-refractivity contribution >= 4 is 23.6 Å². The largest absolute Gasteiger partial charge is 0.480 e. The molecule has 8 nitrogen and oxygen atoms in total. The smallest absolute Gasteiger partial charge is 0.325 e. The standard InChI is InChI=1S/C13H23N3O5/c1-7(2)10(12(19)16-8(3)13(20)21)4-9(17)6-15-11(18)5-14/h7-8,10H,4-6,14H2,1-3H3,(H,15,18)(H,16,19)(H,20,21)/t8-,10-/m0/s1. The van der Waals surface area contributed by atoms with Crippen molar-refractivity contribution in [1.29, 1.82) is 0 Å². The van der Waals surface area contributed by atoms with Crippen molar-refractivity contribution in [2.75, 3.05) is 13.1 Å². The average molecular weight is 301 g/mol. The summed E-state index contributed by atoms with van der Waals surface area (Å²) in [6, 6.07) is -1.02. The van der Waals surface area contributed by atoms with E-state index in [0.29, 0.717) is 0 Å². The van der Waals surface area contributed by atoms with Gasteiger partial charge in [-0.2, -0.15) is 0 Å². The second-order valence-corrected chi connectivity index (χ2v) is 5.14. The van der Waals surface area contributed by atoms with E-state index in [4.69, 9.17) is 10.8 Å². The van der Waals surface area contributed by atoms with E-state index in [1.807, 2.05) is 0 Å². The lowest BCUT2D eigenvalue weighted by Crippen LogP contribution is -2.44. The fraction of sp³-hybridized carbons (Fsp3) is 0.692. The van der Waals surface area contributed by atoms with Crippen LogP contribution in [0.3, 0.4) is 0 Å². The summed E-state index contributed by atoms with van der Waals surface area (Å²) in [5.41, 5.74) is 5.10. The van der Waals surface area contributed by atoms with Gasteiger partial charge >= 0.3 is 5.97 Å². The van der Waals surface area contributed by atoms with Gasteiger partial charge in [-0.3, -0.25) is 19.2 Å². The fourth-order valence-electron chi connectivity index (χ4n) is 1.60. The van der Waals surface area contributed by atoms with Gasteiger partial charge in [0.2, 0.25) is 11.8 Å². The van der Waals surface area contributed by atoms with Gasteiger partial charge in [-0.1, -0.05) is 13.8 Å². The van der Waals surface area contributed by atoms with Gasteiger partial charge in [-0.05, 0) is 12.8 Å². The van der Waals surface area contributed by atoms with Gasteiger partial charge in [0.1, 0.15) is 6.04 Å². The summed E-state index contributed by atoms with van der Waals surface area (Å²) in [5.74, 6) is -3.18. The Balaban J connectivity index is 4.55. The summed E-state index contributed by atoms with van der Waals surface area (Å²) >= 11 is 0. The highest BCUT2D eigenvalue weighted by Gasteiger charge is 2.27. The van der Waals surface area contributed by atoms with Crippen molar-refractivity contribution in [2.45, 2.75) is 33.2 Å². The first kappa shape index (κ1) is 19.0. The zero-order valence-electron chi connectivity index (χ0n) is 12.5. The summed E-state index contributed by atoms with van der Waals surface area (Å²) < 4.78 is 0. The number of amides is 2. The first-order valence-electron chi connectivity index (χ1n) is 6.70. The number of aliphatic carboxylic acids is 1. The SMILES string of the molecule is CC(C)[C@H](CC(=O)CNC(=O)CN)C(=O)N[C@@H](C)C(=O)O. The molecule has 0 aromatic heterocycles. The number of ketones is 1. The van der Waals surface area contributed by atoms with Crippen LogP contribution in [-0.4, -0.2) is 47.8 Å². The molecule has 0 fully saturated rings. The van der Waals surface area contributed by atoms with Crippen LogP contribution in [0, 0.1) is 11.8 Å². The molecular weight excluding hydrogens is 278 g/mol. The minimum absolute atomic E-state index is 0.0688. The maximum absolute atomic E-state index is 12.0. The van der Waals surface area contributed by atoms with Gasteiger partial charge < -0.3 is 21.5 Å². The Morgan fingerprint density at radius 1 is 1.14 bits per heavy atom. The Morgan fingerprint density at radius 2 is 1.71 bits per heavy atom. The van der Waals surface area contributed by atoms with E-state index in [2.05, 4.69) is 10.6 Å². The molecule has 0 heterocycles. The van der Waals surface area contributed by atoms with Crippen molar-refractivity contribution in [2.24, 2.45) is 17.6 Å². The second kappa shape index (κ2) is 9.06. The third kappa shape index (κ3) is 7.40. The number of Topliss-reactive ketones (excluding diaryl/α,β-unsaturated/α-hetero) is 1. The molecule has 5 N–H and O–H groups in total. The van der Waals surface area contributed by atoms with E-state index < -0.39 is 29.7 Å². The van der Waals surface area contributed by atoms with Crippen LogP contribution in [-0.2, 0) is 19.2 Å². The normalized spacial score (nSPS) is 13.4. The molecule has 0 bridgehead atoms. The van der Waals surface area contributed by atoms with E-state index in [1.165, 1.54) is 6.92 Å². The third-order valence-corrected chi connectivity index (χ3v) is 2.99. The van der Waals surface area contributed by atoms with Crippen molar-refractivity contribution in [3.8, 4) is 0 Å². The number of nitrogens with two attached hydrogens (primary N) is 1. The monoisotopic (exact) mass is 301 g/mol. The maximum atomic E-state index is 12.0. The second-order valence-electron chi connectivity index (χ2n) is 5.14. The zero-order chi connectivity index (χ0) is 16.6. The van der Waals surface area contributed by atoms with E-state index >= 15 is 0 Å². The number of carboxylic acids is 1. The summed E-state index contributed by atoms with van der Waals surface area (Å²) in [6.07, 6.45) is -0.0688. The van der Waals surface area contributed by atoms with Crippen molar-refractivity contribution in [3.63, 3.8) is 0 Å². The molecule has 0 radical (unpaired) electrons. The molecule has 120 valence electrons. The number of carbonyl (C=O) groups is 4. The lowest BCUT2D eigenvalue weighted by Gasteiger charge is -2.21. The highest BCUT2D eigenvalue weighted by Crippen LogP contribution is 2.16. The first-order chi connectivity index (χ1) is 9.68. The Hall–Kier alpha value is -1.96. The predicted molar refractivity (Wildman–Crippen MR) is 75.3 cm³/mol. The summed E-state index contributed by atoms with van der Waals surface area (Å²) in [7, 11) is 0. The van der Waals surface area contributed by atoms with Crippen molar-refractivity contribution in [3.05, 3.63) is 0 Å². The van der Waals surface area contributed by atoms with E-state index in [0.717, 1.165) is 0 Å². The highest BCUT2D eigenvalue weighted by atomic mass is 16.4. The molecule has 0 aromatic carbocycles. The molecule has 0 spiro atoms. The van der Waals surface area contributed by atoms with E-state index in [1.54, 1.807) is 13.8 Å². The van der Waals surface area contributed by atoms with Crippen LogP contribution < -0.4 is 16.4 Å². The van der Waals surface area contributed by atoms with Gasteiger partial charge in [0.25, 0.3) is 0 Å². The van der Waals surface area contributed by atoms with Crippen LogP contribution in [0.4, 0.5) is 0 Å². The number of hydrogen-bond acceptors (Lipinski definition) is 5. The topological polar surface area (TPSA) is 139 Å². The highest BCUT2D eigenvalue weighted by molar-refractivity contribution is 5.91. The minimum atomic E-state index is -1.15. The molecule has 0 aliphatic carbocycles. The summed E-state index contributed by atoms with van der Waals surface area (Å²) in [5, 5.41) is 13.4. The number of carbonyl (C=O) groups excluding carboxylic acids is 3. The zero-order valence-corrected chi connectivity index (χ0v) is 12.5. The number of hydrogen-bond donors (Lipinski definition) is 4. The summed E-state index contributed by atoms with van der Waals surface area (Å²) in [6.45, 7) is 4.47. The minimum Gasteiger partial charge on any atom is -0.480 e. The molecule has 8 heteroatoms. The van der Waals surface area contributed by atoms with E-state index in [-0.39, 0.29) is 31.2 Å². The van der Waals surface area contributed by atoms with Gasteiger partial charge in [0, 0.05) is 12.3 Å². The van der Waals surface area contributed by atoms with Crippen LogP contribution in [0.2, 0.25) is 0 Å². The molecular formula is C13H23N3O5. The molecule has 21 heavy (non-hydrogen) atoms. The van der Waals surface area contributed by atoms with Gasteiger partial charge in [-0.15, -0.1) is 0 Å². The molecule has 0 saturated heterocycles. The summed E-state index contributed by atoms with van der Waals surface area (Å²) in [4.78, 5) is 45.4. The Labute approximate surface area is 123 Å². The Kier molecular flexibility index (Phi) is 8.22. The lowest BCUT2D eigenvalue weighted by atomic mass is 9.89. The number of rotatable bonds is 9. The van der Waals surface area contributed by atoms with Crippen LogP contribution in [0.15, 0.2) is 0 Å². The van der Waals surface area contributed by atoms with Crippen LogP contribution in [0.1, 0.15) is 27.2 Å². The average Bonchev–Trinajstić information content (AvgIpc) is 2.41. The van der Waals surface area contributed by atoms with Crippen molar-refractivity contribution in [1.82, 2.24) is 10.6 Å². The van der Waals surface area contributed by atoms with Gasteiger partial charge in [0.15, 0.2) is 5.78 Å². The van der Waals surface area contributed by atoms with E-state index in [9.17, 15) is 19.2 Å². The molecule has 0 aliphatic heterocycles. The molecule has 0 rings (SSSR count). The molecule has 0 aliphatic rings. The van der Waals surface area contributed by atoms with Gasteiger partial charge in [-0.25, -0.2) is 0 Å². The quantitative estimate of drug-likeness (QED) is 0.425. The lowest BCUT2D eigenvalue weighted by molar-refractivity contribution is -0.142. The predicted octanol–water partition coefficient (Wildman–Crippen LogP) is -1.12. The molecule has 0 aromatic rings. The molecule has 0 unspecified atom stereocenters. The first-order valence-corrected chi connectivity index (χ1v) is 6.70. The Morgan fingerprint density at radius 3 is 2.14 bits per heavy atom. The number of nitrogens with one attached hydrogen (secondary N) is 2. The molecule has 2 atom stereocenters. The Bertz CT molecular complexity index is 409.